The van der Waals surface area contributed by atoms with Crippen molar-refractivity contribution in [3.05, 3.63) is 17.0 Å². The number of piperidine rings is 1. The molecule has 3 N–H and O–H groups in total. The first kappa shape index (κ1) is 20.6. The van der Waals surface area contributed by atoms with E-state index < -0.39 is 10.0 Å². The third-order valence-electron chi connectivity index (χ3n) is 4.84. The Morgan fingerprint density at radius 3 is 2.68 bits per heavy atom. The topological polar surface area (TPSA) is 92.5 Å². The van der Waals surface area contributed by atoms with Crippen molar-refractivity contribution in [3.8, 4) is 0 Å². The number of nitrogens with one attached hydrogen (secondary N) is 1. The SMILES string of the molecule is Cc1ccc(S(=O)(=O)N2CCCC(C(=O)NC(CN)C3CC3)C2)s1.Cl. The monoisotopic (exact) mass is 407 g/mol. The molecular formula is C16H26ClN3O3S2. The van der Waals surface area contributed by atoms with Gasteiger partial charge in [0.1, 0.15) is 4.21 Å². The number of hydrogen-bond donors (Lipinski definition) is 2. The molecule has 0 radical (unpaired) electrons. The van der Waals surface area contributed by atoms with Crippen LogP contribution in [0.4, 0.5) is 0 Å². The van der Waals surface area contributed by atoms with Gasteiger partial charge in [-0.2, -0.15) is 4.31 Å². The van der Waals surface area contributed by atoms with Crippen LogP contribution in [0, 0.1) is 18.8 Å². The second-order valence-electron chi connectivity index (χ2n) is 6.76. The minimum absolute atomic E-state index is 0. The number of hydrogen-bond acceptors (Lipinski definition) is 5. The normalized spacial score (nSPS) is 22.9. The van der Waals surface area contributed by atoms with E-state index in [-0.39, 0.29) is 36.8 Å². The highest BCUT2D eigenvalue weighted by atomic mass is 35.5. The van der Waals surface area contributed by atoms with E-state index in [1.165, 1.54) is 15.6 Å². The average molecular weight is 408 g/mol. The number of sulfonamides is 1. The van der Waals surface area contributed by atoms with E-state index in [0.717, 1.165) is 24.1 Å². The van der Waals surface area contributed by atoms with Crippen LogP contribution < -0.4 is 11.1 Å². The van der Waals surface area contributed by atoms with Gasteiger partial charge in [-0.15, -0.1) is 23.7 Å². The van der Waals surface area contributed by atoms with E-state index in [2.05, 4.69) is 5.32 Å². The standard InChI is InChI=1S/C16H25N3O3S2.ClH/c1-11-4-7-15(23-11)24(21,22)19-8-2-3-13(10-19)16(20)18-14(9-17)12-5-6-12;/h4,7,12-14H,2-3,5-6,8-10,17H2,1H3,(H,18,20);1H. The summed E-state index contributed by atoms with van der Waals surface area (Å²) in [5.74, 6) is 0.151. The van der Waals surface area contributed by atoms with Crippen LogP contribution in [0.15, 0.2) is 16.3 Å². The minimum atomic E-state index is -3.50. The molecule has 2 atom stereocenters. The van der Waals surface area contributed by atoms with Crippen LogP contribution >= 0.6 is 23.7 Å². The predicted molar refractivity (Wildman–Crippen MR) is 101 cm³/mol. The Labute approximate surface area is 159 Å². The van der Waals surface area contributed by atoms with Crippen LogP contribution in [-0.2, 0) is 14.8 Å². The summed E-state index contributed by atoms with van der Waals surface area (Å²) in [6.45, 7) is 3.07. The molecule has 2 unspecified atom stereocenters. The van der Waals surface area contributed by atoms with Gasteiger partial charge in [0, 0.05) is 30.6 Å². The second-order valence-corrected chi connectivity index (χ2v) is 10.2. The van der Waals surface area contributed by atoms with E-state index in [1.54, 1.807) is 6.07 Å². The van der Waals surface area contributed by atoms with Gasteiger partial charge in [0.05, 0.1) is 5.92 Å². The summed E-state index contributed by atoms with van der Waals surface area (Å²) in [4.78, 5) is 13.5. The summed E-state index contributed by atoms with van der Waals surface area (Å²) < 4.78 is 27.3. The van der Waals surface area contributed by atoms with Crippen LogP contribution in [-0.4, -0.2) is 44.3 Å². The zero-order chi connectivity index (χ0) is 17.3. The third kappa shape index (κ3) is 4.74. The molecule has 2 fully saturated rings. The highest BCUT2D eigenvalue weighted by Crippen LogP contribution is 2.33. The van der Waals surface area contributed by atoms with Gasteiger partial charge in [0.15, 0.2) is 0 Å². The molecule has 1 saturated heterocycles. The maximum absolute atomic E-state index is 12.7. The molecule has 1 aliphatic carbocycles. The van der Waals surface area contributed by atoms with E-state index >= 15 is 0 Å². The van der Waals surface area contributed by atoms with Gasteiger partial charge < -0.3 is 11.1 Å². The molecule has 0 spiro atoms. The first-order valence-corrected chi connectivity index (χ1v) is 10.7. The highest BCUT2D eigenvalue weighted by molar-refractivity contribution is 7.91. The van der Waals surface area contributed by atoms with Gasteiger partial charge in [-0.1, -0.05) is 0 Å². The Bertz CT molecular complexity index is 703. The lowest BCUT2D eigenvalue weighted by Gasteiger charge is -2.31. The summed E-state index contributed by atoms with van der Waals surface area (Å²) in [5.41, 5.74) is 5.75. The molecule has 0 bridgehead atoms. The highest BCUT2D eigenvalue weighted by Gasteiger charge is 2.36. The minimum Gasteiger partial charge on any atom is -0.352 e. The number of thiophene rings is 1. The quantitative estimate of drug-likeness (QED) is 0.751. The van der Waals surface area contributed by atoms with Crippen molar-refractivity contribution in [1.82, 2.24) is 9.62 Å². The summed E-state index contributed by atoms with van der Waals surface area (Å²) in [6, 6.07) is 3.49. The maximum Gasteiger partial charge on any atom is 0.252 e. The van der Waals surface area contributed by atoms with Crippen molar-refractivity contribution < 1.29 is 13.2 Å². The van der Waals surface area contributed by atoms with Crippen LogP contribution in [0.2, 0.25) is 0 Å². The Kier molecular flexibility index (Phi) is 6.89. The number of amides is 1. The molecule has 9 heteroatoms. The number of nitrogens with zero attached hydrogens (tertiary/aromatic N) is 1. The molecular weight excluding hydrogens is 382 g/mol. The Hall–Kier alpha value is -0.670. The van der Waals surface area contributed by atoms with Crippen LogP contribution in [0.3, 0.4) is 0 Å². The molecule has 1 amide bonds. The second kappa shape index (κ2) is 8.35. The van der Waals surface area contributed by atoms with Crippen LogP contribution in [0.25, 0.3) is 0 Å². The zero-order valence-electron chi connectivity index (χ0n) is 14.3. The number of rotatable bonds is 6. The first-order valence-electron chi connectivity index (χ1n) is 8.49. The van der Waals surface area contributed by atoms with Gasteiger partial charge in [-0.25, -0.2) is 8.42 Å². The van der Waals surface area contributed by atoms with Gasteiger partial charge >= 0.3 is 0 Å². The number of carbonyl (C=O) groups excluding carboxylic acids is 1. The molecule has 1 aromatic heterocycles. The summed E-state index contributed by atoms with van der Waals surface area (Å²) in [6.07, 6.45) is 3.66. The summed E-state index contributed by atoms with van der Waals surface area (Å²) in [5, 5.41) is 3.03. The fourth-order valence-corrected chi connectivity index (χ4v) is 6.18. The van der Waals surface area contributed by atoms with Gasteiger partial charge in [0.2, 0.25) is 5.91 Å². The van der Waals surface area contributed by atoms with E-state index in [4.69, 9.17) is 5.73 Å². The van der Waals surface area contributed by atoms with Crippen molar-refractivity contribution in [3.63, 3.8) is 0 Å². The molecule has 1 aromatic rings. The molecule has 1 saturated carbocycles. The molecule has 1 aliphatic heterocycles. The fourth-order valence-electron chi connectivity index (χ4n) is 3.22. The third-order valence-corrected chi connectivity index (χ3v) is 8.17. The van der Waals surface area contributed by atoms with E-state index in [9.17, 15) is 13.2 Å². The lowest BCUT2D eigenvalue weighted by molar-refractivity contribution is -0.126. The zero-order valence-corrected chi connectivity index (χ0v) is 16.8. The molecule has 6 nitrogen and oxygen atoms in total. The van der Waals surface area contributed by atoms with Crippen molar-refractivity contribution >= 4 is 39.7 Å². The molecule has 3 rings (SSSR count). The van der Waals surface area contributed by atoms with Gasteiger partial charge in [-0.3, -0.25) is 4.79 Å². The average Bonchev–Trinajstić information content (AvgIpc) is 3.32. The lowest BCUT2D eigenvalue weighted by atomic mass is 9.98. The van der Waals surface area contributed by atoms with Crippen molar-refractivity contribution in [2.75, 3.05) is 19.6 Å². The lowest BCUT2D eigenvalue weighted by Crippen LogP contribution is -2.49. The van der Waals surface area contributed by atoms with E-state index in [0.29, 0.717) is 29.6 Å². The number of carbonyl (C=O) groups is 1. The fraction of sp³-hybridized carbons (Fsp3) is 0.688. The van der Waals surface area contributed by atoms with Crippen molar-refractivity contribution in [1.29, 1.82) is 0 Å². The Balaban J connectivity index is 0.00000225. The predicted octanol–water partition coefficient (Wildman–Crippen LogP) is 1.73. The van der Waals surface area contributed by atoms with Gasteiger partial charge in [0.25, 0.3) is 10.0 Å². The van der Waals surface area contributed by atoms with E-state index in [1.807, 2.05) is 13.0 Å². The maximum atomic E-state index is 12.7. The number of nitrogens with two attached hydrogens (primary N) is 1. The molecule has 25 heavy (non-hydrogen) atoms. The van der Waals surface area contributed by atoms with Crippen molar-refractivity contribution in [2.45, 2.75) is 42.9 Å². The van der Waals surface area contributed by atoms with Crippen LogP contribution in [0.1, 0.15) is 30.6 Å². The molecule has 2 aliphatic rings. The number of halogens is 1. The smallest absolute Gasteiger partial charge is 0.252 e. The molecule has 142 valence electrons. The van der Waals surface area contributed by atoms with Crippen LogP contribution in [0.5, 0.6) is 0 Å². The van der Waals surface area contributed by atoms with Crippen molar-refractivity contribution in [2.24, 2.45) is 17.6 Å². The Morgan fingerprint density at radius 1 is 1.40 bits per heavy atom. The molecule has 0 aromatic carbocycles. The largest absolute Gasteiger partial charge is 0.352 e. The summed E-state index contributed by atoms with van der Waals surface area (Å²) >= 11 is 1.28. The first-order chi connectivity index (χ1) is 11.4. The number of aryl methyl sites for hydroxylation is 1. The molecule has 2 heterocycles. The summed E-state index contributed by atoms with van der Waals surface area (Å²) in [7, 11) is -3.50. The Morgan fingerprint density at radius 2 is 2.12 bits per heavy atom. The van der Waals surface area contributed by atoms with Gasteiger partial charge in [-0.05, 0) is 50.7 Å².